The van der Waals surface area contributed by atoms with Crippen LogP contribution >= 0.6 is 0 Å². The predicted octanol–water partition coefficient (Wildman–Crippen LogP) is 3.73. The average molecular weight is 224 g/mol. The summed E-state index contributed by atoms with van der Waals surface area (Å²) in [5.74, 6) is 0. The molecular formula is C12H20O2Si. The van der Waals surface area contributed by atoms with Crippen molar-refractivity contribution in [2.24, 2.45) is 0 Å². The molecule has 0 rings (SSSR count). The van der Waals surface area contributed by atoms with Crippen LogP contribution in [0, 0.1) is 0 Å². The predicted molar refractivity (Wildman–Crippen MR) is 67.8 cm³/mol. The summed E-state index contributed by atoms with van der Waals surface area (Å²) in [6, 6.07) is 2.18. The van der Waals surface area contributed by atoms with E-state index in [1.807, 2.05) is 6.92 Å². The third-order valence-electron chi connectivity index (χ3n) is 2.31. The molecule has 0 heterocycles. The molecule has 3 heteroatoms. The second-order valence-corrected chi connectivity index (χ2v) is 7.67. The van der Waals surface area contributed by atoms with Crippen LogP contribution in [0.2, 0.25) is 18.1 Å². The fraction of sp³-hybridized carbons (Fsp3) is 0.417. The standard InChI is InChI=1S/C12H20O2Si/c1-5-9-15(10-6-2,11-7-3)12(13)14-8-4/h5-7H,1-3,8-11H2,4H3. The summed E-state index contributed by atoms with van der Waals surface area (Å²) < 4.78 is 5.14. The van der Waals surface area contributed by atoms with Gasteiger partial charge >= 0.3 is 0 Å². The number of carbonyl (C=O) groups excluding carboxylic acids is 1. The van der Waals surface area contributed by atoms with E-state index < -0.39 is 8.07 Å². The molecule has 0 bridgehead atoms. The Labute approximate surface area is 93.3 Å². The van der Waals surface area contributed by atoms with Gasteiger partial charge in [-0.3, -0.25) is 4.79 Å². The first-order chi connectivity index (χ1) is 7.16. The first kappa shape index (κ1) is 13.9. The van der Waals surface area contributed by atoms with Crippen LogP contribution in [-0.4, -0.2) is 20.3 Å². The zero-order valence-electron chi connectivity index (χ0n) is 9.50. The van der Waals surface area contributed by atoms with Crippen molar-refractivity contribution in [3.05, 3.63) is 38.0 Å². The van der Waals surface area contributed by atoms with Crippen LogP contribution in [0.5, 0.6) is 0 Å². The third-order valence-corrected chi connectivity index (χ3v) is 6.53. The number of carbonyl (C=O) groups is 1. The Morgan fingerprint density at radius 3 is 1.80 bits per heavy atom. The Morgan fingerprint density at radius 1 is 1.13 bits per heavy atom. The molecule has 0 unspecified atom stereocenters. The van der Waals surface area contributed by atoms with Crippen molar-refractivity contribution in [1.29, 1.82) is 0 Å². The van der Waals surface area contributed by atoms with Gasteiger partial charge in [-0.2, -0.15) is 0 Å². The quantitative estimate of drug-likeness (QED) is 0.464. The average Bonchev–Trinajstić information content (AvgIpc) is 2.19. The monoisotopic (exact) mass is 224 g/mol. The van der Waals surface area contributed by atoms with Gasteiger partial charge in [0.05, 0.1) is 6.61 Å². The van der Waals surface area contributed by atoms with Gasteiger partial charge in [0.2, 0.25) is 0 Å². The summed E-state index contributed by atoms with van der Waals surface area (Å²) in [5, 5.41) is 0. The van der Waals surface area contributed by atoms with Crippen molar-refractivity contribution in [3.63, 3.8) is 0 Å². The molecule has 0 amide bonds. The third kappa shape index (κ3) is 3.87. The molecular weight excluding hydrogens is 204 g/mol. The normalized spacial score (nSPS) is 10.5. The molecule has 0 saturated carbocycles. The first-order valence-corrected chi connectivity index (χ1v) is 7.79. The topological polar surface area (TPSA) is 26.3 Å². The fourth-order valence-electron chi connectivity index (χ4n) is 1.61. The van der Waals surface area contributed by atoms with Crippen molar-refractivity contribution in [2.75, 3.05) is 6.61 Å². The highest BCUT2D eigenvalue weighted by Gasteiger charge is 2.39. The van der Waals surface area contributed by atoms with E-state index in [9.17, 15) is 4.79 Å². The lowest BCUT2D eigenvalue weighted by molar-refractivity contribution is 0.176. The Bertz CT molecular complexity index is 219. The molecule has 0 spiro atoms. The van der Waals surface area contributed by atoms with Crippen LogP contribution in [0.4, 0.5) is 4.79 Å². The van der Waals surface area contributed by atoms with Gasteiger partial charge in [0.15, 0.2) is 8.07 Å². The van der Waals surface area contributed by atoms with Crippen LogP contribution in [0.1, 0.15) is 6.92 Å². The van der Waals surface area contributed by atoms with Crippen molar-refractivity contribution in [2.45, 2.75) is 25.1 Å². The van der Waals surface area contributed by atoms with Gasteiger partial charge in [0.25, 0.3) is 5.59 Å². The van der Waals surface area contributed by atoms with Gasteiger partial charge in [-0.15, -0.1) is 19.7 Å². The lowest BCUT2D eigenvalue weighted by Crippen LogP contribution is -2.43. The van der Waals surface area contributed by atoms with E-state index >= 15 is 0 Å². The molecule has 0 aromatic rings. The minimum absolute atomic E-state index is 0.0512. The SMILES string of the molecule is C=CC[Si](CC=C)(CC=C)C(=O)OCC. The Hall–Kier alpha value is -1.09. The van der Waals surface area contributed by atoms with Gasteiger partial charge in [-0.25, -0.2) is 0 Å². The molecule has 0 aromatic carbocycles. The van der Waals surface area contributed by atoms with Crippen molar-refractivity contribution >= 4 is 13.7 Å². The van der Waals surface area contributed by atoms with E-state index in [1.54, 1.807) is 18.2 Å². The Balaban J connectivity index is 4.88. The second kappa shape index (κ2) is 7.23. The molecule has 15 heavy (non-hydrogen) atoms. The molecule has 0 atom stereocenters. The van der Waals surface area contributed by atoms with E-state index in [-0.39, 0.29) is 5.59 Å². The molecule has 0 saturated heterocycles. The van der Waals surface area contributed by atoms with E-state index in [0.29, 0.717) is 6.61 Å². The number of hydrogen-bond donors (Lipinski definition) is 0. The smallest absolute Gasteiger partial charge is 0.272 e. The van der Waals surface area contributed by atoms with Crippen LogP contribution in [-0.2, 0) is 4.74 Å². The highest BCUT2D eigenvalue weighted by molar-refractivity contribution is 7.05. The van der Waals surface area contributed by atoms with Gasteiger partial charge in [0, 0.05) is 0 Å². The van der Waals surface area contributed by atoms with Crippen LogP contribution in [0.15, 0.2) is 38.0 Å². The van der Waals surface area contributed by atoms with Gasteiger partial charge in [-0.05, 0) is 25.1 Å². The number of ether oxygens (including phenoxy) is 1. The maximum Gasteiger partial charge on any atom is 0.272 e. The Morgan fingerprint density at radius 2 is 1.53 bits per heavy atom. The number of allylic oxidation sites excluding steroid dienone is 3. The molecule has 0 aliphatic carbocycles. The Kier molecular flexibility index (Phi) is 6.70. The number of hydrogen-bond acceptors (Lipinski definition) is 2. The van der Waals surface area contributed by atoms with Crippen molar-refractivity contribution in [3.8, 4) is 0 Å². The molecule has 84 valence electrons. The molecule has 0 aliphatic heterocycles. The summed E-state index contributed by atoms with van der Waals surface area (Å²) in [6.07, 6.45) is 5.41. The first-order valence-electron chi connectivity index (χ1n) is 5.16. The van der Waals surface area contributed by atoms with E-state index in [2.05, 4.69) is 19.7 Å². The minimum atomic E-state index is -2.14. The highest BCUT2D eigenvalue weighted by atomic mass is 28.3. The van der Waals surface area contributed by atoms with E-state index in [1.165, 1.54) is 0 Å². The lowest BCUT2D eigenvalue weighted by Gasteiger charge is -2.25. The minimum Gasteiger partial charge on any atom is -0.470 e. The summed E-state index contributed by atoms with van der Waals surface area (Å²) in [7, 11) is -2.14. The molecule has 0 N–H and O–H groups in total. The van der Waals surface area contributed by atoms with E-state index in [0.717, 1.165) is 18.1 Å². The van der Waals surface area contributed by atoms with Crippen LogP contribution in [0.3, 0.4) is 0 Å². The van der Waals surface area contributed by atoms with E-state index in [4.69, 9.17) is 4.74 Å². The summed E-state index contributed by atoms with van der Waals surface area (Å²) >= 11 is 0. The molecule has 2 nitrogen and oxygen atoms in total. The zero-order valence-corrected chi connectivity index (χ0v) is 10.5. The van der Waals surface area contributed by atoms with Crippen molar-refractivity contribution < 1.29 is 9.53 Å². The molecule has 0 aromatic heterocycles. The molecule has 0 fully saturated rings. The maximum absolute atomic E-state index is 11.9. The highest BCUT2D eigenvalue weighted by Crippen LogP contribution is 2.25. The summed E-state index contributed by atoms with van der Waals surface area (Å²) in [5.41, 5.74) is -0.0512. The second-order valence-electron chi connectivity index (χ2n) is 3.48. The van der Waals surface area contributed by atoms with Crippen LogP contribution in [0.25, 0.3) is 0 Å². The number of rotatable bonds is 8. The zero-order chi connectivity index (χ0) is 11.7. The molecule has 0 radical (unpaired) electrons. The molecule has 0 aliphatic rings. The largest absolute Gasteiger partial charge is 0.470 e. The van der Waals surface area contributed by atoms with Gasteiger partial charge in [0.1, 0.15) is 0 Å². The van der Waals surface area contributed by atoms with Gasteiger partial charge < -0.3 is 4.74 Å². The van der Waals surface area contributed by atoms with Gasteiger partial charge in [-0.1, -0.05) is 18.2 Å². The van der Waals surface area contributed by atoms with Crippen LogP contribution < -0.4 is 0 Å². The summed E-state index contributed by atoms with van der Waals surface area (Å²) in [6.45, 7) is 13.4. The maximum atomic E-state index is 11.9. The van der Waals surface area contributed by atoms with Crippen molar-refractivity contribution in [1.82, 2.24) is 0 Å². The fourth-order valence-corrected chi connectivity index (χ4v) is 4.72. The summed E-state index contributed by atoms with van der Waals surface area (Å²) in [4.78, 5) is 11.9. The lowest BCUT2D eigenvalue weighted by atomic mass is 10.7.